The molecule has 3 aromatic carbocycles. The number of nitrogens with zero attached hydrogens (tertiary/aromatic N) is 1. The van der Waals surface area contributed by atoms with E-state index in [-0.39, 0.29) is 5.78 Å². The van der Waals surface area contributed by atoms with Crippen molar-refractivity contribution in [3.05, 3.63) is 77.4 Å². The van der Waals surface area contributed by atoms with Crippen LogP contribution in [0.15, 0.2) is 60.7 Å². The molecule has 0 atom stereocenters. The molecular weight excluding hydrogens is 434 g/mol. The first-order chi connectivity index (χ1) is 16.5. The third-order valence-corrected chi connectivity index (χ3v) is 9.44. The first kappa shape index (κ1) is 24.6. The molecular formula is C31H38NOS+. The summed E-state index contributed by atoms with van der Waals surface area (Å²) in [6.45, 7) is 8.82. The average molecular weight is 473 g/mol. The van der Waals surface area contributed by atoms with E-state index in [0.29, 0.717) is 17.3 Å². The lowest BCUT2D eigenvalue weighted by molar-refractivity contribution is 0.0980. The van der Waals surface area contributed by atoms with Crippen LogP contribution >= 0.6 is 0 Å². The molecule has 0 amide bonds. The fourth-order valence-corrected chi connectivity index (χ4v) is 7.28. The summed E-state index contributed by atoms with van der Waals surface area (Å²) in [5.41, 5.74) is 6.84. The van der Waals surface area contributed by atoms with Crippen molar-refractivity contribution in [2.75, 3.05) is 17.3 Å². The van der Waals surface area contributed by atoms with Crippen LogP contribution in [0.25, 0.3) is 27.5 Å². The predicted octanol–water partition coefficient (Wildman–Crippen LogP) is 8.19. The second-order valence-electron chi connectivity index (χ2n) is 9.53. The van der Waals surface area contributed by atoms with E-state index in [4.69, 9.17) is 0 Å². The predicted molar refractivity (Wildman–Crippen MR) is 151 cm³/mol. The molecule has 1 aromatic heterocycles. The van der Waals surface area contributed by atoms with E-state index in [1.165, 1.54) is 58.6 Å². The van der Waals surface area contributed by atoms with E-state index in [1.807, 2.05) is 6.07 Å². The maximum Gasteiger partial charge on any atom is 0.162 e. The minimum atomic E-state index is 0.275. The van der Waals surface area contributed by atoms with Crippen molar-refractivity contribution in [3.8, 4) is 5.69 Å². The van der Waals surface area contributed by atoms with Crippen LogP contribution in [0.1, 0.15) is 67.4 Å². The monoisotopic (exact) mass is 472 g/mol. The first-order valence-corrected chi connectivity index (χ1v) is 14.5. The molecule has 34 heavy (non-hydrogen) atoms. The number of fused-ring (bicyclic) bond motifs is 3. The summed E-state index contributed by atoms with van der Waals surface area (Å²) in [7, 11) is 0.549. The molecule has 3 heteroatoms. The molecule has 0 aliphatic rings. The molecule has 4 aromatic rings. The number of hydrogen-bond acceptors (Lipinski definition) is 1. The fraction of sp³-hybridized carbons (Fsp3) is 0.387. The lowest BCUT2D eigenvalue weighted by atomic mass is 10.0. The Morgan fingerprint density at radius 3 is 2.03 bits per heavy atom. The summed E-state index contributed by atoms with van der Waals surface area (Å²) in [4.78, 5) is 13.1. The third-order valence-electron chi connectivity index (χ3n) is 6.61. The van der Waals surface area contributed by atoms with Crippen LogP contribution < -0.4 is 0 Å². The molecule has 0 aliphatic carbocycles. The Kier molecular flexibility index (Phi) is 8.15. The normalized spacial score (nSPS) is 11.7. The number of aryl methyl sites for hydroxylation is 2. The van der Waals surface area contributed by atoms with Gasteiger partial charge in [0.15, 0.2) is 5.78 Å². The Balaban J connectivity index is 1.59. The number of ketones is 1. The van der Waals surface area contributed by atoms with Crippen molar-refractivity contribution in [3.63, 3.8) is 0 Å². The van der Waals surface area contributed by atoms with E-state index < -0.39 is 0 Å². The molecule has 0 spiro atoms. The molecule has 0 radical (unpaired) electrons. The fourth-order valence-electron chi connectivity index (χ4n) is 4.90. The van der Waals surface area contributed by atoms with Crippen LogP contribution in [-0.4, -0.2) is 27.6 Å². The topological polar surface area (TPSA) is 22.0 Å². The highest BCUT2D eigenvalue weighted by atomic mass is 32.2. The van der Waals surface area contributed by atoms with E-state index in [1.54, 1.807) is 0 Å². The lowest BCUT2D eigenvalue weighted by Gasteiger charge is -2.09. The van der Waals surface area contributed by atoms with Gasteiger partial charge in [0.25, 0.3) is 0 Å². The Morgan fingerprint density at radius 1 is 0.735 bits per heavy atom. The lowest BCUT2D eigenvalue weighted by Crippen LogP contribution is -2.16. The van der Waals surface area contributed by atoms with Crippen molar-refractivity contribution in [2.45, 2.75) is 59.8 Å². The molecule has 0 fully saturated rings. The maximum absolute atomic E-state index is 13.1. The van der Waals surface area contributed by atoms with Crippen molar-refractivity contribution in [2.24, 2.45) is 0 Å². The van der Waals surface area contributed by atoms with Gasteiger partial charge in [-0.1, -0.05) is 43.2 Å². The van der Waals surface area contributed by atoms with Gasteiger partial charge < -0.3 is 4.57 Å². The zero-order valence-corrected chi connectivity index (χ0v) is 22.0. The molecule has 0 saturated carbocycles. The highest BCUT2D eigenvalue weighted by Gasteiger charge is 2.17. The second-order valence-corrected chi connectivity index (χ2v) is 12.0. The van der Waals surface area contributed by atoms with Gasteiger partial charge in [-0.05, 0) is 92.9 Å². The van der Waals surface area contributed by atoms with Gasteiger partial charge in [0.1, 0.15) is 17.3 Å². The van der Waals surface area contributed by atoms with Gasteiger partial charge in [-0.15, -0.1) is 0 Å². The number of rotatable bonds is 11. The first-order valence-electron chi connectivity index (χ1n) is 12.8. The van der Waals surface area contributed by atoms with Crippen LogP contribution in [0.3, 0.4) is 0 Å². The molecule has 0 aliphatic heterocycles. The molecule has 0 N–H and O–H groups in total. The summed E-state index contributed by atoms with van der Waals surface area (Å²) in [6.07, 6.45) is 5.37. The van der Waals surface area contributed by atoms with E-state index >= 15 is 0 Å². The highest BCUT2D eigenvalue weighted by molar-refractivity contribution is 7.96. The van der Waals surface area contributed by atoms with Gasteiger partial charge in [0.2, 0.25) is 0 Å². The summed E-state index contributed by atoms with van der Waals surface area (Å²) >= 11 is 0. The molecule has 4 rings (SSSR count). The van der Waals surface area contributed by atoms with Crippen molar-refractivity contribution in [1.29, 1.82) is 0 Å². The molecule has 0 unspecified atom stereocenters. The maximum atomic E-state index is 13.1. The largest absolute Gasteiger partial charge is 0.309 e. The van der Waals surface area contributed by atoms with E-state index in [9.17, 15) is 4.79 Å². The molecule has 178 valence electrons. The Hall–Kier alpha value is -2.52. The number of aromatic nitrogens is 1. The van der Waals surface area contributed by atoms with Crippen LogP contribution in [0.5, 0.6) is 0 Å². The van der Waals surface area contributed by atoms with Gasteiger partial charge >= 0.3 is 0 Å². The SMILES string of the molecule is CCC[S+](CCC)CCCCC(=O)c1ccc2c(c1)c1cc(C)ccc1n2-c1ccc(C)cc1. The second kappa shape index (κ2) is 11.3. The van der Waals surface area contributed by atoms with Crippen molar-refractivity contribution in [1.82, 2.24) is 4.57 Å². The number of carbonyl (C=O) groups excluding carboxylic acids is 1. The molecule has 2 nitrogen and oxygen atoms in total. The molecule has 1 heterocycles. The van der Waals surface area contributed by atoms with Gasteiger partial charge in [0, 0.05) is 28.4 Å². The minimum Gasteiger partial charge on any atom is -0.309 e. The van der Waals surface area contributed by atoms with Crippen molar-refractivity contribution >= 4 is 38.5 Å². The van der Waals surface area contributed by atoms with Gasteiger partial charge in [-0.2, -0.15) is 0 Å². The Bertz CT molecular complexity index is 1260. The zero-order chi connectivity index (χ0) is 24.1. The number of hydrogen-bond donors (Lipinski definition) is 0. The standard InChI is InChI=1S/C31H38NOS/c1-5-18-34(19-6-2)20-8-7-9-31(33)25-13-17-30-28(22-25)27-21-24(4)12-16-29(27)32(30)26-14-10-23(3)11-15-26/h10-17,21-22H,5-9,18-20H2,1-4H3/q+1. The van der Waals surface area contributed by atoms with Crippen LogP contribution in [0.4, 0.5) is 0 Å². The number of Topliss-reactive ketones (excluding diaryl/α,β-unsaturated/α-hetero) is 1. The smallest absolute Gasteiger partial charge is 0.162 e. The summed E-state index contributed by atoms with van der Waals surface area (Å²) in [5, 5.41) is 2.38. The van der Waals surface area contributed by atoms with Gasteiger partial charge in [0.05, 0.1) is 11.0 Å². The molecule has 0 saturated heterocycles. The van der Waals surface area contributed by atoms with E-state index in [2.05, 4.69) is 86.9 Å². The minimum absolute atomic E-state index is 0.275. The number of carbonyl (C=O) groups is 1. The van der Waals surface area contributed by atoms with E-state index in [0.717, 1.165) is 28.6 Å². The Labute approximate surface area is 207 Å². The third kappa shape index (κ3) is 5.41. The van der Waals surface area contributed by atoms with Crippen molar-refractivity contribution < 1.29 is 4.79 Å². The van der Waals surface area contributed by atoms with Gasteiger partial charge in [-0.3, -0.25) is 4.79 Å². The summed E-state index contributed by atoms with van der Waals surface area (Å²) in [6, 6.07) is 21.6. The highest BCUT2D eigenvalue weighted by Crippen LogP contribution is 2.33. The zero-order valence-electron chi connectivity index (χ0n) is 21.2. The summed E-state index contributed by atoms with van der Waals surface area (Å²) in [5.74, 6) is 4.26. The quantitative estimate of drug-likeness (QED) is 0.122. The van der Waals surface area contributed by atoms with Crippen LogP contribution in [-0.2, 0) is 10.9 Å². The number of unbranched alkanes of at least 4 members (excludes halogenated alkanes) is 1. The number of benzene rings is 3. The van der Waals surface area contributed by atoms with Crippen LogP contribution in [0.2, 0.25) is 0 Å². The van der Waals surface area contributed by atoms with Gasteiger partial charge in [-0.25, -0.2) is 0 Å². The molecule has 0 bridgehead atoms. The summed E-state index contributed by atoms with van der Waals surface area (Å²) < 4.78 is 2.32. The van der Waals surface area contributed by atoms with Crippen LogP contribution in [0, 0.1) is 13.8 Å². The average Bonchev–Trinajstić information content (AvgIpc) is 3.15. The Morgan fingerprint density at radius 2 is 1.35 bits per heavy atom.